The average Bonchev–Trinajstić information content (AvgIpc) is 2.65. The van der Waals surface area contributed by atoms with Crippen LogP contribution in [0, 0.1) is 5.21 Å². The number of carbonyl (C=O) groups is 1. The summed E-state index contributed by atoms with van der Waals surface area (Å²) in [7, 11) is 1.35. The maximum absolute atomic E-state index is 12.7. The van der Waals surface area contributed by atoms with Crippen molar-refractivity contribution in [2.24, 2.45) is 0 Å². The first-order chi connectivity index (χ1) is 12.6. The van der Waals surface area contributed by atoms with Gasteiger partial charge in [-0.15, -0.1) is 0 Å². The number of hydrogen-bond acceptors (Lipinski definition) is 3. The van der Waals surface area contributed by atoms with Gasteiger partial charge in [0.15, 0.2) is 6.21 Å². The summed E-state index contributed by atoms with van der Waals surface area (Å²) in [6, 6.07) is 12.8. The van der Waals surface area contributed by atoms with Crippen LogP contribution in [0.15, 0.2) is 42.5 Å². The molecule has 1 aliphatic carbocycles. The lowest BCUT2D eigenvalue weighted by Crippen LogP contribution is -2.33. The fourth-order valence-corrected chi connectivity index (χ4v) is 3.75. The Balaban J connectivity index is 1.95. The van der Waals surface area contributed by atoms with Crippen molar-refractivity contribution in [2.75, 3.05) is 7.11 Å². The van der Waals surface area contributed by atoms with Crippen molar-refractivity contribution in [3.8, 4) is 0 Å². The van der Waals surface area contributed by atoms with Crippen molar-refractivity contribution in [1.29, 1.82) is 0 Å². The third kappa shape index (κ3) is 3.75. The van der Waals surface area contributed by atoms with E-state index in [0.29, 0.717) is 11.3 Å². The predicted octanol–water partition coefficient (Wildman–Crippen LogP) is 5.08. The number of methoxy groups -OCH3 is 1. The van der Waals surface area contributed by atoms with Crippen LogP contribution in [0.3, 0.4) is 0 Å². The molecule has 1 aliphatic rings. The average molecular weight is 365 g/mol. The highest BCUT2D eigenvalue weighted by molar-refractivity contribution is 5.90. The summed E-state index contributed by atoms with van der Waals surface area (Å²) in [6.45, 7) is 9.03. The van der Waals surface area contributed by atoms with Gasteiger partial charge in [0.25, 0.3) is 0 Å². The summed E-state index contributed by atoms with van der Waals surface area (Å²) in [5.74, 6) is -0.389. The fourth-order valence-electron chi connectivity index (χ4n) is 3.75. The third-order valence-corrected chi connectivity index (χ3v) is 5.69. The SMILES string of the molecule is COC(=O)c1ccc(/C=[N+](\[O-])c2ccc3c(c2)C(C)(C)CCC3(C)C)cc1. The smallest absolute Gasteiger partial charge is 0.337 e. The van der Waals surface area contributed by atoms with Crippen LogP contribution in [0.25, 0.3) is 0 Å². The quantitative estimate of drug-likeness (QED) is 0.250. The van der Waals surface area contributed by atoms with Crippen LogP contribution in [0.1, 0.15) is 67.6 Å². The number of fused-ring (bicyclic) bond motifs is 1. The molecule has 0 saturated carbocycles. The zero-order chi connectivity index (χ0) is 19.8. The van der Waals surface area contributed by atoms with Crippen molar-refractivity contribution < 1.29 is 14.3 Å². The molecule has 2 aromatic carbocycles. The largest absolute Gasteiger partial charge is 0.618 e. The monoisotopic (exact) mass is 365 g/mol. The summed E-state index contributed by atoms with van der Waals surface area (Å²) in [6.07, 6.45) is 3.78. The van der Waals surface area contributed by atoms with Gasteiger partial charge in [0.1, 0.15) is 0 Å². The normalized spacial score (nSPS) is 17.9. The molecule has 0 amide bonds. The van der Waals surface area contributed by atoms with E-state index >= 15 is 0 Å². The molecule has 0 bridgehead atoms. The van der Waals surface area contributed by atoms with E-state index in [1.807, 2.05) is 12.1 Å². The lowest BCUT2D eigenvalue weighted by Gasteiger charge is -2.41. The van der Waals surface area contributed by atoms with E-state index in [1.54, 1.807) is 24.3 Å². The Bertz CT molecular complexity index is 892. The third-order valence-electron chi connectivity index (χ3n) is 5.69. The fraction of sp³-hybridized carbons (Fsp3) is 0.391. The van der Waals surface area contributed by atoms with Crippen LogP contribution in [0.2, 0.25) is 0 Å². The highest BCUT2D eigenvalue weighted by atomic mass is 16.5. The zero-order valence-electron chi connectivity index (χ0n) is 16.7. The number of nitrogens with zero attached hydrogens (tertiary/aromatic N) is 1. The Labute approximate surface area is 161 Å². The van der Waals surface area contributed by atoms with Gasteiger partial charge < -0.3 is 9.94 Å². The first kappa shape index (κ1) is 19.2. The van der Waals surface area contributed by atoms with Crippen molar-refractivity contribution in [3.05, 3.63) is 69.9 Å². The van der Waals surface area contributed by atoms with Gasteiger partial charge in [0, 0.05) is 17.7 Å². The molecule has 2 aromatic rings. The van der Waals surface area contributed by atoms with Gasteiger partial charge in [-0.2, -0.15) is 4.74 Å². The molecular formula is C23H27NO3. The second-order valence-electron chi connectivity index (χ2n) is 8.57. The van der Waals surface area contributed by atoms with Crippen LogP contribution in [0.4, 0.5) is 5.69 Å². The molecule has 3 rings (SSSR count). The molecule has 0 fully saturated rings. The molecule has 0 atom stereocenters. The maximum Gasteiger partial charge on any atom is 0.337 e. The molecule has 27 heavy (non-hydrogen) atoms. The first-order valence-corrected chi connectivity index (χ1v) is 9.29. The summed E-state index contributed by atoms with van der Waals surface area (Å²) >= 11 is 0. The molecule has 0 heterocycles. The second kappa shape index (κ2) is 6.84. The van der Waals surface area contributed by atoms with Crippen molar-refractivity contribution in [1.82, 2.24) is 0 Å². The lowest BCUT2D eigenvalue weighted by atomic mass is 9.63. The predicted molar refractivity (Wildman–Crippen MR) is 108 cm³/mol. The lowest BCUT2D eigenvalue weighted by molar-refractivity contribution is -0.354. The highest BCUT2D eigenvalue weighted by Gasteiger charge is 2.37. The van der Waals surface area contributed by atoms with Crippen molar-refractivity contribution in [2.45, 2.75) is 51.4 Å². The Kier molecular flexibility index (Phi) is 4.85. The summed E-state index contributed by atoms with van der Waals surface area (Å²) in [4.78, 5) is 11.5. The van der Waals surface area contributed by atoms with E-state index in [-0.39, 0.29) is 16.8 Å². The number of ether oxygens (including phenoxy) is 1. The molecule has 0 aliphatic heterocycles. The van der Waals surface area contributed by atoms with Gasteiger partial charge in [-0.25, -0.2) is 4.79 Å². The van der Waals surface area contributed by atoms with Gasteiger partial charge in [-0.3, -0.25) is 0 Å². The highest BCUT2D eigenvalue weighted by Crippen LogP contribution is 2.46. The minimum Gasteiger partial charge on any atom is -0.618 e. The molecule has 0 spiro atoms. The van der Waals surface area contributed by atoms with Gasteiger partial charge in [-0.1, -0.05) is 33.8 Å². The van der Waals surface area contributed by atoms with E-state index in [4.69, 9.17) is 4.74 Å². The Morgan fingerprint density at radius 1 is 1.00 bits per heavy atom. The topological polar surface area (TPSA) is 52.4 Å². The number of carbonyl (C=O) groups excluding carboxylic acids is 1. The molecule has 4 heteroatoms. The van der Waals surface area contributed by atoms with E-state index in [0.717, 1.165) is 23.1 Å². The Morgan fingerprint density at radius 3 is 2.19 bits per heavy atom. The van der Waals surface area contributed by atoms with Crippen LogP contribution >= 0.6 is 0 Å². The molecule has 0 N–H and O–H groups in total. The molecule has 4 nitrogen and oxygen atoms in total. The number of benzene rings is 2. The zero-order valence-corrected chi connectivity index (χ0v) is 16.7. The first-order valence-electron chi connectivity index (χ1n) is 9.29. The summed E-state index contributed by atoms with van der Waals surface area (Å²) < 4.78 is 5.59. The second-order valence-corrected chi connectivity index (χ2v) is 8.57. The Morgan fingerprint density at radius 2 is 1.59 bits per heavy atom. The molecule has 142 valence electrons. The van der Waals surface area contributed by atoms with E-state index in [2.05, 4.69) is 33.8 Å². The van der Waals surface area contributed by atoms with Crippen LogP contribution < -0.4 is 0 Å². The molecule has 0 saturated heterocycles. The van der Waals surface area contributed by atoms with Gasteiger partial charge >= 0.3 is 5.97 Å². The van der Waals surface area contributed by atoms with E-state index in [9.17, 15) is 10.0 Å². The van der Waals surface area contributed by atoms with Crippen LogP contribution in [-0.4, -0.2) is 24.0 Å². The maximum atomic E-state index is 12.7. The van der Waals surface area contributed by atoms with Gasteiger partial charge in [0.05, 0.1) is 12.7 Å². The summed E-state index contributed by atoms with van der Waals surface area (Å²) in [5, 5.41) is 12.7. The van der Waals surface area contributed by atoms with Crippen LogP contribution in [-0.2, 0) is 15.6 Å². The Hall–Kier alpha value is -2.62. The van der Waals surface area contributed by atoms with E-state index < -0.39 is 0 Å². The summed E-state index contributed by atoms with van der Waals surface area (Å²) in [5.41, 5.74) is 4.59. The molecular weight excluding hydrogens is 338 g/mol. The minimum absolute atomic E-state index is 0.0594. The van der Waals surface area contributed by atoms with Crippen molar-refractivity contribution >= 4 is 17.9 Å². The van der Waals surface area contributed by atoms with Crippen molar-refractivity contribution in [3.63, 3.8) is 0 Å². The number of esters is 1. The van der Waals surface area contributed by atoms with E-state index in [1.165, 1.54) is 24.5 Å². The van der Waals surface area contributed by atoms with Crippen LogP contribution in [0.5, 0.6) is 0 Å². The molecule has 0 radical (unpaired) electrons. The minimum atomic E-state index is -0.389. The van der Waals surface area contributed by atoms with Gasteiger partial charge in [0.2, 0.25) is 5.69 Å². The molecule has 0 aromatic heterocycles. The number of rotatable bonds is 3. The standard InChI is InChI=1S/C23H27NO3/c1-22(2)12-13-23(3,4)20-14-18(10-11-19(20)22)24(26)15-16-6-8-17(9-7-16)21(25)27-5/h6-11,14-15H,12-13H2,1-5H3/b24-15-. The van der Waals surface area contributed by atoms with Gasteiger partial charge in [-0.05, 0) is 59.1 Å². The molecule has 0 unspecified atom stereocenters. The number of hydrogen-bond donors (Lipinski definition) is 0.